The highest BCUT2D eigenvalue weighted by Gasteiger charge is 2.36. The Kier molecular flexibility index (Phi) is 3.91. The first-order valence-electron chi connectivity index (χ1n) is 6.24. The Morgan fingerprint density at radius 3 is 2.48 bits per heavy atom. The molecule has 0 amide bonds. The van der Waals surface area contributed by atoms with E-state index in [1.807, 2.05) is 20.8 Å². The van der Waals surface area contributed by atoms with Gasteiger partial charge < -0.3 is 9.94 Å². The van der Waals surface area contributed by atoms with Crippen LogP contribution in [0.1, 0.15) is 20.8 Å². The SMILES string of the molecule is CC(C)(C)COc1no[n+]([O-])c1S(=O)(=O)c1ccccc1. The number of aromatic nitrogens is 2. The molecule has 1 aromatic heterocycles. The molecule has 1 heterocycles. The van der Waals surface area contributed by atoms with Crippen LogP contribution in [-0.2, 0) is 9.84 Å². The minimum absolute atomic E-state index is 0.0293. The maximum absolute atomic E-state index is 12.5. The number of ether oxygens (including phenoxy) is 1. The third-order valence-electron chi connectivity index (χ3n) is 2.50. The fourth-order valence-electron chi connectivity index (χ4n) is 1.53. The van der Waals surface area contributed by atoms with Crippen molar-refractivity contribution in [2.75, 3.05) is 6.61 Å². The topological polar surface area (TPSA) is 96.3 Å². The van der Waals surface area contributed by atoms with E-state index in [0.29, 0.717) is 0 Å². The van der Waals surface area contributed by atoms with Crippen LogP contribution in [0.5, 0.6) is 5.88 Å². The molecule has 0 aliphatic heterocycles. The first kappa shape index (κ1) is 15.3. The molecule has 0 bridgehead atoms. The molecule has 0 aliphatic carbocycles. The van der Waals surface area contributed by atoms with Gasteiger partial charge in [0.25, 0.3) is 9.84 Å². The van der Waals surface area contributed by atoms with Crippen molar-refractivity contribution in [1.82, 2.24) is 5.16 Å². The van der Waals surface area contributed by atoms with Gasteiger partial charge in [0, 0.05) is 0 Å². The zero-order valence-corrected chi connectivity index (χ0v) is 12.8. The number of sulfone groups is 1. The van der Waals surface area contributed by atoms with Crippen molar-refractivity contribution in [3.63, 3.8) is 0 Å². The Morgan fingerprint density at radius 2 is 1.90 bits per heavy atom. The Hall–Kier alpha value is -2.09. The Morgan fingerprint density at radius 1 is 1.29 bits per heavy atom. The smallest absolute Gasteiger partial charge is 0.414 e. The summed E-state index contributed by atoms with van der Waals surface area (Å²) in [6.07, 6.45) is 0. The molecule has 0 saturated carbocycles. The van der Waals surface area contributed by atoms with Gasteiger partial charge in [-0.2, -0.15) is 0 Å². The molecule has 114 valence electrons. The molecular formula is C13H16N2O5S. The van der Waals surface area contributed by atoms with E-state index in [-0.39, 0.29) is 27.7 Å². The van der Waals surface area contributed by atoms with Crippen LogP contribution in [-0.4, -0.2) is 20.2 Å². The number of hydrogen-bond donors (Lipinski definition) is 0. The summed E-state index contributed by atoms with van der Waals surface area (Å²) >= 11 is 0. The highest BCUT2D eigenvalue weighted by molar-refractivity contribution is 7.91. The largest absolute Gasteiger partial charge is 0.454 e. The van der Waals surface area contributed by atoms with Gasteiger partial charge in [0.1, 0.15) is 0 Å². The van der Waals surface area contributed by atoms with Gasteiger partial charge in [0.15, 0.2) is 0 Å². The minimum atomic E-state index is -4.06. The zero-order valence-electron chi connectivity index (χ0n) is 11.9. The van der Waals surface area contributed by atoms with Crippen LogP contribution in [0, 0.1) is 10.6 Å². The Bertz CT molecular complexity index is 717. The van der Waals surface area contributed by atoms with Gasteiger partial charge in [-0.05, 0) is 22.5 Å². The van der Waals surface area contributed by atoms with E-state index in [0.717, 1.165) is 0 Å². The molecule has 2 rings (SSSR count). The van der Waals surface area contributed by atoms with E-state index in [2.05, 4.69) is 9.79 Å². The Labute approximate surface area is 122 Å². The summed E-state index contributed by atoms with van der Waals surface area (Å²) in [5.41, 5.74) is -0.222. The van der Waals surface area contributed by atoms with Crippen molar-refractivity contribution < 1.29 is 22.7 Å². The predicted molar refractivity (Wildman–Crippen MR) is 72.3 cm³/mol. The molecule has 2 aromatic rings. The summed E-state index contributed by atoms with van der Waals surface area (Å²) < 4.78 is 34.6. The second-order valence-corrected chi connectivity index (χ2v) is 7.57. The molecule has 0 atom stereocenters. The fraction of sp³-hybridized carbons (Fsp3) is 0.385. The van der Waals surface area contributed by atoms with Crippen LogP contribution in [0.2, 0.25) is 0 Å². The van der Waals surface area contributed by atoms with E-state index in [4.69, 9.17) is 4.74 Å². The van der Waals surface area contributed by atoms with Crippen molar-refractivity contribution >= 4 is 9.84 Å². The van der Waals surface area contributed by atoms with Gasteiger partial charge in [-0.15, -0.1) is 0 Å². The quantitative estimate of drug-likeness (QED) is 0.795. The monoisotopic (exact) mass is 312 g/mol. The average Bonchev–Trinajstić information content (AvgIpc) is 2.78. The average molecular weight is 312 g/mol. The lowest BCUT2D eigenvalue weighted by Crippen LogP contribution is -2.31. The van der Waals surface area contributed by atoms with Gasteiger partial charge in [0.2, 0.25) is 0 Å². The predicted octanol–water partition coefficient (Wildman–Crippen LogP) is 1.57. The molecule has 8 heteroatoms. The van der Waals surface area contributed by atoms with Gasteiger partial charge in [-0.25, -0.2) is 8.42 Å². The summed E-state index contributed by atoms with van der Waals surface area (Å²) in [7, 11) is -4.06. The van der Waals surface area contributed by atoms with E-state index in [1.54, 1.807) is 18.2 Å². The van der Waals surface area contributed by atoms with E-state index < -0.39 is 14.9 Å². The van der Waals surface area contributed by atoms with Gasteiger partial charge in [-0.3, -0.25) is 4.63 Å². The summed E-state index contributed by atoms with van der Waals surface area (Å²) in [5, 5.41) is 14.4. The van der Waals surface area contributed by atoms with Crippen LogP contribution >= 0.6 is 0 Å². The van der Waals surface area contributed by atoms with Crippen molar-refractivity contribution in [3.05, 3.63) is 35.5 Å². The summed E-state index contributed by atoms with van der Waals surface area (Å²) in [6, 6.07) is 7.57. The summed E-state index contributed by atoms with van der Waals surface area (Å²) in [4.78, 5) is -0.182. The van der Waals surface area contributed by atoms with Crippen LogP contribution < -0.4 is 9.64 Å². The maximum atomic E-state index is 12.5. The van der Waals surface area contributed by atoms with Gasteiger partial charge >= 0.3 is 10.9 Å². The van der Waals surface area contributed by atoms with Crippen molar-refractivity contribution in [2.24, 2.45) is 5.41 Å². The second-order valence-electron chi connectivity index (χ2n) is 5.71. The van der Waals surface area contributed by atoms with Crippen molar-refractivity contribution in [2.45, 2.75) is 30.7 Å². The minimum Gasteiger partial charge on any atom is -0.454 e. The van der Waals surface area contributed by atoms with Crippen molar-refractivity contribution in [3.8, 4) is 5.88 Å². The summed E-state index contributed by atoms with van der Waals surface area (Å²) in [6.45, 7) is 5.91. The Balaban J connectivity index is 2.42. The van der Waals surface area contributed by atoms with Crippen LogP contribution in [0.3, 0.4) is 0 Å². The number of benzene rings is 1. The van der Waals surface area contributed by atoms with Crippen LogP contribution in [0.25, 0.3) is 0 Å². The van der Waals surface area contributed by atoms with Crippen LogP contribution in [0.15, 0.2) is 44.9 Å². The maximum Gasteiger partial charge on any atom is 0.414 e. The second kappa shape index (κ2) is 5.36. The molecule has 0 saturated heterocycles. The molecule has 0 N–H and O–H groups in total. The van der Waals surface area contributed by atoms with Gasteiger partial charge in [-0.1, -0.05) is 39.0 Å². The highest BCUT2D eigenvalue weighted by atomic mass is 32.2. The molecule has 0 radical (unpaired) electrons. The lowest BCUT2D eigenvalue weighted by atomic mass is 9.99. The third-order valence-corrected chi connectivity index (χ3v) is 4.22. The molecular weight excluding hydrogens is 296 g/mol. The third kappa shape index (κ3) is 3.33. The first-order valence-corrected chi connectivity index (χ1v) is 7.73. The zero-order chi connectivity index (χ0) is 15.7. The lowest BCUT2D eigenvalue weighted by molar-refractivity contribution is -0.832. The number of rotatable bonds is 4. The standard InChI is InChI=1S/C13H16N2O5S/c1-13(2,3)9-19-11-12(15(16)20-14-11)21(17,18)10-7-5-4-6-8-10/h4-8H,9H2,1-3H3. The fourth-order valence-corrected chi connectivity index (χ4v) is 2.82. The lowest BCUT2D eigenvalue weighted by Gasteiger charge is -2.16. The molecule has 21 heavy (non-hydrogen) atoms. The first-order chi connectivity index (χ1) is 9.72. The van der Waals surface area contributed by atoms with E-state index in [9.17, 15) is 13.6 Å². The van der Waals surface area contributed by atoms with E-state index >= 15 is 0 Å². The van der Waals surface area contributed by atoms with E-state index in [1.165, 1.54) is 12.1 Å². The molecule has 0 spiro atoms. The van der Waals surface area contributed by atoms with Gasteiger partial charge in [0.05, 0.1) is 16.7 Å². The molecule has 0 fully saturated rings. The number of hydrogen-bond acceptors (Lipinski definition) is 6. The molecule has 7 nitrogen and oxygen atoms in total. The summed E-state index contributed by atoms with van der Waals surface area (Å²) in [5.74, 6) is -0.330. The van der Waals surface area contributed by atoms with Crippen molar-refractivity contribution in [1.29, 1.82) is 0 Å². The molecule has 1 aromatic carbocycles. The normalized spacial score (nSPS) is 12.3. The molecule has 0 unspecified atom stereocenters. The van der Waals surface area contributed by atoms with Crippen LogP contribution in [0.4, 0.5) is 0 Å². The highest BCUT2D eigenvalue weighted by Crippen LogP contribution is 2.26. The number of nitrogens with zero attached hydrogens (tertiary/aromatic N) is 2. The molecule has 0 aliphatic rings.